The summed E-state index contributed by atoms with van der Waals surface area (Å²) in [6, 6.07) is 0. The van der Waals surface area contributed by atoms with E-state index in [2.05, 4.69) is 27.7 Å². The Bertz CT molecular complexity index is 53.1. The zero-order valence-electron chi connectivity index (χ0n) is 7.20. The Morgan fingerprint density at radius 3 is 1.67 bits per heavy atom. The Kier molecular flexibility index (Phi) is 4.84. The first-order valence-electron chi connectivity index (χ1n) is 4.08. The van der Waals surface area contributed by atoms with E-state index < -0.39 is 0 Å². The average Bonchev–Trinajstić information content (AvgIpc) is 1.90. The third-order valence-corrected chi connectivity index (χ3v) is 2.24. The Labute approximate surface area is 59.7 Å². The van der Waals surface area contributed by atoms with Crippen LogP contribution in [-0.4, -0.2) is 0 Å². The molecule has 0 aliphatic carbocycles. The summed E-state index contributed by atoms with van der Waals surface area (Å²) in [4.78, 5) is 0. The molecular weight excluding hydrogens is 108 g/mol. The highest BCUT2D eigenvalue weighted by molar-refractivity contribution is 4.88. The predicted octanol–water partition coefficient (Wildman–Crippen LogP) is 3.43. The van der Waals surface area contributed by atoms with Crippen LogP contribution in [0.5, 0.6) is 0 Å². The summed E-state index contributed by atoms with van der Waals surface area (Å²) in [5.74, 6) is 2.55. The third-order valence-electron chi connectivity index (χ3n) is 2.24. The van der Waals surface area contributed by atoms with Gasteiger partial charge in [0.25, 0.3) is 0 Å². The molecule has 0 atom stereocenters. The van der Waals surface area contributed by atoms with Gasteiger partial charge in [-0.05, 0) is 18.3 Å². The van der Waals surface area contributed by atoms with E-state index in [0.717, 1.165) is 5.92 Å². The highest BCUT2D eigenvalue weighted by Gasteiger charge is 2.10. The van der Waals surface area contributed by atoms with E-state index in [1.165, 1.54) is 19.3 Å². The van der Waals surface area contributed by atoms with Gasteiger partial charge in [0.2, 0.25) is 0 Å². The van der Waals surface area contributed by atoms with Gasteiger partial charge in [-0.3, -0.25) is 0 Å². The lowest BCUT2D eigenvalue weighted by Gasteiger charge is -2.18. The van der Waals surface area contributed by atoms with Gasteiger partial charge < -0.3 is 0 Å². The maximum absolute atomic E-state index is 2.28. The molecule has 0 amide bonds. The van der Waals surface area contributed by atoms with Crippen molar-refractivity contribution in [2.45, 2.75) is 47.0 Å². The van der Waals surface area contributed by atoms with Crippen LogP contribution >= 0.6 is 0 Å². The average molecular weight is 127 g/mol. The Morgan fingerprint density at radius 2 is 1.56 bits per heavy atom. The largest absolute Gasteiger partial charge is 0.0651 e. The predicted molar refractivity (Wildman–Crippen MR) is 43.3 cm³/mol. The lowest BCUT2D eigenvalue weighted by Crippen LogP contribution is -2.05. The summed E-state index contributed by atoms with van der Waals surface area (Å²) in [7, 11) is 0. The second-order valence-corrected chi connectivity index (χ2v) is 2.71. The molecule has 0 heterocycles. The van der Waals surface area contributed by atoms with Gasteiger partial charge in [-0.15, -0.1) is 0 Å². The Balaban J connectivity index is 3.50. The highest BCUT2D eigenvalue weighted by Crippen LogP contribution is 2.23. The fraction of sp³-hybridized carbons (Fsp3) is 0.889. The molecule has 0 heteroatoms. The smallest absolute Gasteiger partial charge is 0.0244 e. The minimum atomic E-state index is 0.884. The van der Waals surface area contributed by atoms with Crippen molar-refractivity contribution in [2.24, 2.45) is 5.92 Å². The van der Waals surface area contributed by atoms with Gasteiger partial charge in [-0.25, -0.2) is 0 Å². The monoisotopic (exact) mass is 127 g/mol. The van der Waals surface area contributed by atoms with E-state index in [4.69, 9.17) is 0 Å². The van der Waals surface area contributed by atoms with Crippen molar-refractivity contribution in [1.82, 2.24) is 0 Å². The van der Waals surface area contributed by atoms with Crippen molar-refractivity contribution in [1.29, 1.82) is 0 Å². The zero-order valence-corrected chi connectivity index (χ0v) is 7.20. The fourth-order valence-corrected chi connectivity index (χ4v) is 1.27. The zero-order chi connectivity index (χ0) is 7.28. The van der Waals surface area contributed by atoms with E-state index in [0.29, 0.717) is 0 Å². The molecule has 0 aromatic heterocycles. The van der Waals surface area contributed by atoms with Crippen molar-refractivity contribution in [2.75, 3.05) is 0 Å². The number of rotatable bonds is 4. The molecule has 0 aromatic rings. The number of hydrogen-bond donors (Lipinski definition) is 0. The summed E-state index contributed by atoms with van der Waals surface area (Å²) >= 11 is 0. The van der Waals surface area contributed by atoms with Crippen LogP contribution in [0.3, 0.4) is 0 Å². The molecule has 1 radical (unpaired) electrons. The van der Waals surface area contributed by atoms with Gasteiger partial charge in [0.15, 0.2) is 0 Å². The second-order valence-electron chi connectivity index (χ2n) is 2.71. The van der Waals surface area contributed by atoms with Crippen LogP contribution in [0, 0.1) is 11.8 Å². The summed E-state index contributed by atoms with van der Waals surface area (Å²) in [6.07, 6.45) is 3.89. The van der Waals surface area contributed by atoms with Crippen molar-refractivity contribution in [3.8, 4) is 0 Å². The molecule has 0 spiro atoms. The van der Waals surface area contributed by atoms with Crippen LogP contribution in [0.15, 0.2) is 0 Å². The highest BCUT2D eigenvalue weighted by atomic mass is 14.2. The molecule has 0 rings (SSSR count). The van der Waals surface area contributed by atoms with Crippen LogP contribution in [0.25, 0.3) is 0 Å². The van der Waals surface area contributed by atoms with Crippen molar-refractivity contribution in [3.05, 3.63) is 5.92 Å². The van der Waals surface area contributed by atoms with Crippen LogP contribution in [0.1, 0.15) is 47.0 Å². The molecule has 0 aliphatic rings. The molecule has 0 nitrogen and oxygen atoms in total. The molecule has 9 heavy (non-hydrogen) atoms. The molecule has 0 unspecified atom stereocenters. The van der Waals surface area contributed by atoms with Crippen LogP contribution < -0.4 is 0 Å². The minimum absolute atomic E-state index is 0.884. The first kappa shape index (κ1) is 9.00. The van der Waals surface area contributed by atoms with Crippen molar-refractivity contribution in [3.63, 3.8) is 0 Å². The third kappa shape index (κ3) is 2.88. The SMILES string of the molecule is CC[C](C)C(CC)CC. The minimum Gasteiger partial charge on any atom is -0.0651 e. The first-order valence-corrected chi connectivity index (χ1v) is 4.08. The standard InChI is InChI=1S/C9H19/c1-5-8(4)9(6-2)7-3/h9H,5-7H2,1-4H3. The fourth-order valence-electron chi connectivity index (χ4n) is 1.27. The lowest BCUT2D eigenvalue weighted by atomic mass is 9.88. The van der Waals surface area contributed by atoms with E-state index >= 15 is 0 Å². The maximum atomic E-state index is 2.28. The van der Waals surface area contributed by atoms with E-state index in [-0.39, 0.29) is 0 Å². The summed E-state index contributed by atoms with van der Waals surface area (Å²) < 4.78 is 0. The van der Waals surface area contributed by atoms with E-state index in [1.807, 2.05) is 0 Å². The molecular formula is C9H19. The molecule has 0 saturated carbocycles. The molecule has 0 fully saturated rings. The Hall–Kier alpha value is 0. The lowest BCUT2D eigenvalue weighted by molar-refractivity contribution is 0.490. The van der Waals surface area contributed by atoms with Crippen LogP contribution in [0.2, 0.25) is 0 Å². The van der Waals surface area contributed by atoms with Crippen molar-refractivity contribution >= 4 is 0 Å². The topological polar surface area (TPSA) is 0 Å². The molecule has 0 saturated heterocycles. The van der Waals surface area contributed by atoms with Gasteiger partial charge in [0.05, 0.1) is 0 Å². The van der Waals surface area contributed by atoms with Crippen LogP contribution in [0.4, 0.5) is 0 Å². The van der Waals surface area contributed by atoms with Gasteiger partial charge in [-0.2, -0.15) is 0 Å². The second kappa shape index (κ2) is 4.84. The van der Waals surface area contributed by atoms with Gasteiger partial charge in [0.1, 0.15) is 0 Å². The van der Waals surface area contributed by atoms with E-state index in [9.17, 15) is 0 Å². The van der Waals surface area contributed by atoms with Crippen LogP contribution in [-0.2, 0) is 0 Å². The van der Waals surface area contributed by atoms with Gasteiger partial charge >= 0.3 is 0 Å². The quantitative estimate of drug-likeness (QED) is 0.542. The molecule has 55 valence electrons. The first-order chi connectivity index (χ1) is 4.26. The van der Waals surface area contributed by atoms with Gasteiger partial charge in [-0.1, -0.05) is 40.5 Å². The Morgan fingerprint density at radius 1 is 1.11 bits per heavy atom. The molecule has 0 N–H and O–H groups in total. The van der Waals surface area contributed by atoms with E-state index in [1.54, 1.807) is 5.92 Å². The van der Waals surface area contributed by atoms with Gasteiger partial charge in [0, 0.05) is 0 Å². The molecule has 0 bridgehead atoms. The number of hydrogen-bond acceptors (Lipinski definition) is 0. The maximum Gasteiger partial charge on any atom is -0.0244 e. The molecule has 0 aliphatic heterocycles. The van der Waals surface area contributed by atoms with Crippen molar-refractivity contribution < 1.29 is 0 Å². The summed E-state index contributed by atoms with van der Waals surface area (Å²) in [5, 5.41) is 0. The molecule has 0 aromatic carbocycles. The normalized spacial score (nSPS) is 11.3. The summed E-state index contributed by atoms with van der Waals surface area (Å²) in [6.45, 7) is 9.06. The summed E-state index contributed by atoms with van der Waals surface area (Å²) in [5.41, 5.74) is 0.